The molecule has 0 spiro atoms. The standard InChI is InChI=1S/C6H14N2O2/c1-3-10-8-6(9)4-5-7-2/h7H,3-5H2,1-2H3,(H,8,9). The maximum atomic E-state index is 10.7. The molecule has 0 bridgehead atoms. The molecule has 0 aromatic carbocycles. The minimum atomic E-state index is -0.0869. The molecule has 0 saturated heterocycles. The second-order valence-electron chi connectivity index (χ2n) is 1.81. The molecule has 0 aromatic heterocycles. The van der Waals surface area contributed by atoms with Crippen LogP contribution in [0, 0.1) is 0 Å². The third kappa shape index (κ3) is 5.53. The number of nitrogens with one attached hydrogen (secondary N) is 2. The first-order valence-electron chi connectivity index (χ1n) is 3.36. The molecule has 0 heterocycles. The summed E-state index contributed by atoms with van der Waals surface area (Å²) in [7, 11) is 1.80. The molecule has 0 atom stereocenters. The molecule has 0 aliphatic heterocycles. The van der Waals surface area contributed by atoms with E-state index in [4.69, 9.17) is 0 Å². The third-order valence-corrected chi connectivity index (χ3v) is 0.932. The lowest BCUT2D eigenvalue weighted by Gasteiger charge is -2.01. The summed E-state index contributed by atoms with van der Waals surface area (Å²) in [6, 6.07) is 0. The normalized spacial score (nSPS) is 9.40. The summed E-state index contributed by atoms with van der Waals surface area (Å²) in [6.45, 7) is 3.00. The zero-order chi connectivity index (χ0) is 7.82. The molecule has 1 amide bonds. The first kappa shape index (κ1) is 9.39. The highest BCUT2D eigenvalue weighted by atomic mass is 16.6. The Kier molecular flexibility index (Phi) is 6.11. The predicted molar refractivity (Wildman–Crippen MR) is 38.3 cm³/mol. The minimum Gasteiger partial charge on any atom is -0.319 e. The number of hydrogen-bond acceptors (Lipinski definition) is 3. The second kappa shape index (κ2) is 6.51. The molecule has 0 aliphatic rings. The first-order valence-corrected chi connectivity index (χ1v) is 3.36. The van der Waals surface area contributed by atoms with Gasteiger partial charge >= 0.3 is 0 Å². The summed E-state index contributed by atoms with van der Waals surface area (Å²) >= 11 is 0. The van der Waals surface area contributed by atoms with Crippen LogP contribution in [0.2, 0.25) is 0 Å². The smallest absolute Gasteiger partial charge is 0.244 e. The molecular weight excluding hydrogens is 132 g/mol. The van der Waals surface area contributed by atoms with E-state index in [9.17, 15) is 4.79 Å². The van der Waals surface area contributed by atoms with Crippen molar-refractivity contribution in [3.63, 3.8) is 0 Å². The van der Waals surface area contributed by atoms with Crippen molar-refractivity contribution in [3.8, 4) is 0 Å². The van der Waals surface area contributed by atoms with Gasteiger partial charge in [0.25, 0.3) is 0 Å². The van der Waals surface area contributed by atoms with Crippen LogP contribution in [0.4, 0.5) is 0 Å². The minimum absolute atomic E-state index is 0.0869. The van der Waals surface area contributed by atoms with Crippen LogP contribution < -0.4 is 10.8 Å². The Labute approximate surface area is 60.9 Å². The molecule has 0 unspecified atom stereocenters. The zero-order valence-electron chi connectivity index (χ0n) is 6.44. The molecule has 0 saturated carbocycles. The fraction of sp³-hybridized carbons (Fsp3) is 0.833. The Balaban J connectivity index is 3.09. The van der Waals surface area contributed by atoms with Crippen molar-refractivity contribution in [1.82, 2.24) is 10.8 Å². The lowest BCUT2D eigenvalue weighted by molar-refractivity contribution is -0.133. The van der Waals surface area contributed by atoms with Crippen LogP contribution >= 0.6 is 0 Å². The molecule has 60 valence electrons. The van der Waals surface area contributed by atoms with Crippen molar-refractivity contribution < 1.29 is 9.63 Å². The molecule has 0 fully saturated rings. The maximum absolute atomic E-state index is 10.7. The van der Waals surface area contributed by atoms with Gasteiger partial charge in [0.1, 0.15) is 0 Å². The average molecular weight is 146 g/mol. The van der Waals surface area contributed by atoms with Crippen molar-refractivity contribution >= 4 is 5.91 Å². The van der Waals surface area contributed by atoms with Gasteiger partial charge in [-0.25, -0.2) is 5.48 Å². The Morgan fingerprint density at radius 2 is 2.30 bits per heavy atom. The van der Waals surface area contributed by atoms with Gasteiger partial charge < -0.3 is 5.32 Å². The summed E-state index contributed by atoms with van der Waals surface area (Å²) in [4.78, 5) is 15.3. The zero-order valence-corrected chi connectivity index (χ0v) is 6.44. The molecule has 10 heavy (non-hydrogen) atoms. The van der Waals surface area contributed by atoms with Crippen LogP contribution in [-0.4, -0.2) is 26.1 Å². The maximum Gasteiger partial charge on any atom is 0.244 e. The molecule has 0 radical (unpaired) electrons. The van der Waals surface area contributed by atoms with Gasteiger partial charge in [-0.1, -0.05) is 0 Å². The number of hydrogen-bond donors (Lipinski definition) is 2. The highest BCUT2D eigenvalue weighted by molar-refractivity contribution is 5.74. The average Bonchev–Trinajstić information content (AvgIpc) is 1.97. The molecule has 0 aliphatic carbocycles. The van der Waals surface area contributed by atoms with Gasteiger partial charge in [0.15, 0.2) is 0 Å². The molecule has 4 nitrogen and oxygen atoms in total. The van der Waals surface area contributed by atoms with E-state index in [0.717, 1.165) is 0 Å². The Morgan fingerprint density at radius 3 is 2.80 bits per heavy atom. The topological polar surface area (TPSA) is 50.4 Å². The Bertz CT molecular complexity index is 85.7. The monoisotopic (exact) mass is 146 g/mol. The predicted octanol–water partition coefficient (Wildman–Crippen LogP) is -0.336. The molecular formula is C6H14N2O2. The van der Waals surface area contributed by atoms with Crippen molar-refractivity contribution in [3.05, 3.63) is 0 Å². The van der Waals surface area contributed by atoms with Gasteiger partial charge in [-0.05, 0) is 14.0 Å². The SMILES string of the molecule is CCONC(=O)CCNC. The van der Waals surface area contributed by atoms with E-state index < -0.39 is 0 Å². The highest BCUT2D eigenvalue weighted by Gasteiger charge is 1.96. The lowest BCUT2D eigenvalue weighted by Crippen LogP contribution is -2.26. The van der Waals surface area contributed by atoms with E-state index in [1.54, 1.807) is 7.05 Å². The van der Waals surface area contributed by atoms with Crippen LogP contribution in [-0.2, 0) is 9.63 Å². The van der Waals surface area contributed by atoms with E-state index in [0.29, 0.717) is 19.6 Å². The van der Waals surface area contributed by atoms with Crippen molar-refractivity contribution in [2.75, 3.05) is 20.2 Å². The van der Waals surface area contributed by atoms with Gasteiger partial charge in [-0.15, -0.1) is 0 Å². The van der Waals surface area contributed by atoms with Crippen LogP contribution in [0.3, 0.4) is 0 Å². The van der Waals surface area contributed by atoms with Crippen LogP contribution in [0.15, 0.2) is 0 Å². The molecule has 0 rings (SSSR count). The Morgan fingerprint density at radius 1 is 1.60 bits per heavy atom. The van der Waals surface area contributed by atoms with Gasteiger partial charge in [0.2, 0.25) is 5.91 Å². The summed E-state index contributed by atoms with van der Waals surface area (Å²) < 4.78 is 0. The molecule has 2 N–H and O–H groups in total. The van der Waals surface area contributed by atoms with Crippen LogP contribution in [0.25, 0.3) is 0 Å². The second-order valence-corrected chi connectivity index (χ2v) is 1.81. The molecule has 4 heteroatoms. The summed E-state index contributed by atoms with van der Waals surface area (Å²) in [5.41, 5.74) is 2.29. The van der Waals surface area contributed by atoms with E-state index in [2.05, 4.69) is 15.6 Å². The van der Waals surface area contributed by atoms with E-state index in [1.165, 1.54) is 0 Å². The number of amides is 1. The van der Waals surface area contributed by atoms with Crippen LogP contribution in [0.1, 0.15) is 13.3 Å². The summed E-state index contributed by atoms with van der Waals surface area (Å²) in [6.07, 6.45) is 0.455. The van der Waals surface area contributed by atoms with Crippen molar-refractivity contribution in [2.24, 2.45) is 0 Å². The largest absolute Gasteiger partial charge is 0.319 e. The van der Waals surface area contributed by atoms with Gasteiger partial charge in [-0.3, -0.25) is 9.63 Å². The number of carbonyl (C=O) groups excluding carboxylic acids is 1. The third-order valence-electron chi connectivity index (χ3n) is 0.932. The lowest BCUT2D eigenvalue weighted by atomic mass is 10.4. The fourth-order valence-corrected chi connectivity index (χ4v) is 0.442. The number of rotatable bonds is 5. The van der Waals surface area contributed by atoms with E-state index in [1.807, 2.05) is 6.92 Å². The van der Waals surface area contributed by atoms with E-state index >= 15 is 0 Å². The van der Waals surface area contributed by atoms with E-state index in [-0.39, 0.29) is 5.91 Å². The Hall–Kier alpha value is -0.610. The quantitative estimate of drug-likeness (QED) is 0.522. The van der Waals surface area contributed by atoms with Gasteiger partial charge in [0, 0.05) is 13.0 Å². The summed E-state index contributed by atoms with van der Waals surface area (Å²) in [5, 5.41) is 2.86. The fourth-order valence-electron chi connectivity index (χ4n) is 0.442. The highest BCUT2D eigenvalue weighted by Crippen LogP contribution is 1.75. The van der Waals surface area contributed by atoms with Gasteiger partial charge in [0.05, 0.1) is 6.61 Å². The number of carbonyl (C=O) groups is 1. The summed E-state index contributed by atoms with van der Waals surface area (Å²) in [5.74, 6) is -0.0869. The van der Waals surface area contributed by atoms with Crippen molar-refractivity contribution in [2.45, 2.75) is 13.3 Å². The number of hydroxylamine groups is 1. The van der Waals surface area contributed by atoms with Crippen molar-refractivity contribution in [1.29, 1.82) is 0 Å². The van der Waals surface area contributed by atoms with Crippen LogP contribution in [0.5, 0.6) is 0 Å². The first-order chi connectivity index (χ1) is 4.81. The molecule has 0 aromatic rings. The van der Waals surface area contributed by atoms with Gasteiger partial charge in [-0.2, -0.15) is 0 Å².